The van der Waals surface area contributed by atoms with Gasteiger partial charge in [0.15, 0.2) is 0 Å². The molecule has 1 aliphatic carbocycles. The minimum atomic E-state index is -0.481. The lowest BCUT2D eigenvalue weighted by atomic mass is 9.66. The van der Waals surface area contributed by atoms with Crippen molar-refractivity contribution in [1.82, 2.24) is 4.57 Å². The molecular formula is C43H25NOS. The van der Waals surface area contributed by atoms with Gasteiger partial charge in [-0.3, -0.25) is 0 Å². The number of hydrogen-bond acceptors (Lipinski definition) is 2. The number of thiophene rings is 1. The molecule has 0 saturated carbocycles. The molecule has 214 valence electrons. The summed E-state index contributed by atoms with van der Waals surface area (Å²) in [4.78, 5) is 0. The molecule has 0 bridgehead atoms. The van der Waals surface area contributed by atoms with Crippen molar-refractivity contribution >= 4 is 53.3 Å². The van der Waals surface area contributed by atoms with Crippen LogP contribution in [0.1, 0.15) is 22.3 Å². The summed E-state index contributed by atoms with van der Waals surface area (Å²) in [5.74, 6) is 1.82. The Labute approximate surface area is 269 Å². The molecule has 9 aromatic rings. The summed E-state index contributed by atoms with van der Waals surface area (Å²) >= 11 is 1.86. The van der Waals surface area contributed by atoms with Gasteiger partial charge in [-0.05, 0) is 58.7 Å². The number of para-hydroxylation sites is 2. The van der Waals surface area contributed by atoms with Gasteiger partial charge in [0.1, 0.15) is 11.5 Å². The lowest BCUT2D eigenvalue weighted by Crippen LogP contribution is -2.32. The first kappa shape index (κ1) is 24.7. The summed E-state index contributed by atoms with van der Waals surface area (Å²) in [5, 5.41) is 5.10. The Morgan fingerprint density at radius 3 is 1.91 bits per heavy atom. The second-order valence-electron chi connectivity index (χ2n) is 12.4. The fraction of sp³-hybridized carbons (Fsp3) is 0.0233. The third-order valence-electron chi connectivity index (χ3n) is 10.3. The molecule has 0 atom stereocenters. The van der Waals surface area contributed by atoms with Crippen LogP contribution in [-0.4, -0.2) is 4.57 Å². The van der Waals surface area contributed by atoms with Crippen molar-refractivity contribution in [1.29, 1.82) is 0 Å². The first-order valence-corrected chi connectivity index (χ1v) is 16.6. The molecule has 2 aromatic heterocycles. The molecule has 3 heterocycles. The monoisotopic (exact) mass is 603 g/mol. The molecule has 3 heteroatoms. The Balaban J connectivity index is 1.26. The zero-order chi connectivity index (χ0) is 30.0. The van der Waals surface area contributed by atoms with Gasteiger partial charge in [-0.1, -0.05) is 109 Å². The highest BCUT2D eigenvalue weighted by atomic mass is 32.1. The van der Waals surface area contributed by atoms with Crippen LogP contribution in [0.25, 0.3) is 58.8 Å². The van der Waals surface area contributed by atoms with Crippen molar-refractivity contribution in [2.45, 2.75) is 5.41 Å². The zero-order valence-electron chi connectivity index (χ0n) is 24.7. The van der Waals surface area contributed by atoms with Crippen LogP contribution in [-0.2, 0) is 5.41 Å². The van der Waals surface area contributed by atoms with E-state index in [1.165, 1.54) is 69.8 Å². The number of nitrogens with zero attached hydrogens (tertiary/aromatic N) is 1. The summed E-state index contributed by atoms with van der Waals surface area (Å²) in [6.45, 7) is 0. The summed E-state index contributed by atoms with van der Waals surface area (Å²) in [5.41, 5.74) is 10.6. The first-order valence-electron chi connectivity index (χ1n) is 15.8. The maximum atomic E-state index is 6.89. The van der Waals surface area contributed by atoms with E-state index < -0.39 is 5.41 Å². The molecule has 0 N–H and O–H groups in total. The van der Waals surface area contributed by atoms with E-state index >= 15 is 0 Å². The van der Waals surface area contributed by atoms with E-state index in [4.69, 9.17) is 4.74 Å². The van der Waals surface area contributed by atoms with Gasteiger partial charge in [0.2, 0.25) is 0 Å². The van der Waals surface area contributed by atoms with Crippen molar-refractivity contribution in [3.05, 3.63) is 174 Å². The van der Waals surface area contributed by atoms with Gasteiger partial charge in [-0.15, -0.1) is 11.3 Å². The van der Waals surface area contributed by atoms with Gasteiger partial charge < -0.3 is 9.30 Å². The molecule has 7 aromatic carbocycles. The molecule has 0 fully saturated rings. The highest BCUT2D eigenvalue weighted by Gasteiger charge is 2.51. The standard InChI is InChI=1S/C43H25NOS/c1-5-15-33-27(11-1)28-12-2-6-16-34(28)43(33)35-17-7-9-19-39(35)45-40-25-38-32(24-36(40)43)29-13-3-8-18-37(29)44(38)26-21-22-31-30-14-4-10-20-41(30)46-42(31)23-26/h1-25H. The Bertz CT molecular complexity index is 2700. The average Bonchev–Trinajstić information content (AvgIpc) is 3.74. The van der Waals surface area contributed by atoms with E-state index in [2.05, 4.69) is 156 Å². The summed E-state index contributed by atoms with van der Waals surface area (Å²) in [6.07, 6.45) is 0. The van der Waals surface area contributed by atoms with Crippen LogP contribution in [0.15, 0.2) is 152 Å². The summed E-state index contributed by atoms with van der Waals surface area (Å²) in [7, 11) is 0. The summed E-state index contributed by atoms with van der Waals surface area (Å²) in [6, 6.07) is 55.6. The summed E-state index contributed by atoms with van der Waals surface area (Å²) < 4.78 is 11.9. The number of aromatic nitrogens is 1. The Morgan fingerprint density at radius 2 is 1.09 bits per heavy atom. The number of benzene rings is 7. The molecule has 1 spiro atoms. The van der Waals surface area contributed by atoms with Gasteiger partial charge in [0.25, 0.3) is 0 Å². The Hall–Kier alpha value is -5.64. The van der Waals surface area contributed by atoms with Crippen LogP contribution in [0.4, 0.5) is 0 Å². The van der Waals surface area contributed by atoms with Crippen LogP contribution in [0.2, 0.25) is 0 Å². The molecule has 46 heavy (non-hydrogen) atoms. The van der Waals surface area contributed by atoms with E-state index in [0.717, 1.165) is 22.7 Å². The van der Waals surface area contributed by atoms with Crippen molar-refractivity contribution < 1.29 is 4.74 Å². The maximum absolute atomic E-state index is 6.89. The van der Waals surface area contributed by atoms with Crippen LogP contribution in [0.3, 0.4) is 0 Å². The van der Waals surface area contributed by atoms with Crippen molar-refractivity contribution in [2.75, 3.05) is 0 Å². The van der Waals surface area contributed by atoms with E-state index in [1.807, 2.05) is 11.3 Å². The fourth-order valence-electron chi connectivity index (χ4n) is 8.45. The van der Waals surface area contributed by atoms with Crippen LogP contribution in [0.5, 0.6) is 11.5 Å². The smallest absolute Gasteiger partial charge is 0.134 e. The number of ether oxygens (including phenoxy) is 1. The van der Waals surface area contributed by atoms with Crippen LogP contribution < -0.4 is 4.74 Å². The molecule has 1 aliphatic heterocycles. The minimum Gasteiger partial charge on any atom is -0.457 e. The predicted octanol–water partition coefficient (Wildman–Crippen LogP) is 11.6. The molecule has 2 nitrogen and oxygen atoms in total. The van der Waals surface area contributed by atoms with E-state index in [-0.39, 0.29) is 0 Å². The molecule has 0 radical (unpaired) electrons. The van der Waals surface area contributed by atoms with Crippen LogP contribution >= 0.6 is 11.3 Å². The number of rotatable bonds is 1. The molecule has 0 amide bonds. The third kappa shape index (κ3) is 2.97. The minimum absolute atomic E-state index is 0.481. The normalized spacial score (nSPS) is 14.0. The maximum Gasteiger partial charge on any atom is 0.134 e. The molecule has 11 rings (SSSR count). The van der Waals surface area contributed by atoms with E-state index in [1.54, 1.807) is 0 Å². The number of fused-ring (bicyclic) bond motifs is 15. The zero-order valence-corrected chi connectivity index (χ0v) is 25.5. The molecule has 2 aliphatic rings. The SMILES string of the molecule is c1ccc2c(c1)Oc1cc3c(cc1C21c2ccccc2-c2ccccc21)c1ccccc1n3-c1ccc2c(c1)sc1ccccc12. The highest BCUT2D eigenvalue weighted by molar-refractivity contribution is 7.25. The predicted molar refractivity (Wildman–Crippen MR) is 191 cm³/mol. The van der Waals surface area contributed by atoms with Gasteiger partial charge in [-0.25, -0.2) is 0 Å². The van der Waals surface area contributed by atoms with Gasteiger partial charge >= 0.3 is 0 Å². The van der Waals surface area contributed by atoms with Crippen LogP contribution in [0, 0.1) is 0 Å². The van der Waals surface area contributed by atoms with Gasteiger partial charge in [-0.2, -0.15) is 0 Å². The van der Waals surface area contributed by atoms with Crippen molar-refractivity contribution in [3.63, 3.8) is 0 Å². The highest BCUT2D eigenvalue weighted by Crippen LogP contribution is 2.62. The second kappa shape index (κ2) is 8.75. The lowest BCUT2D eigenvalue weighted by molar-refractivity contribution is 0.437. The molecular weight excluding hydrogens is 579 g/mol. The first-order chi connectivity index (χ1) is 22.8. The average molecular weight is 604 g/mol. The van der Waals surface area contributed by atoms with Crippen molar-refractivity contribution in [2.24, 2.45) is 0 Å². The van der Waals surface area contributed by atoms with Crippen molar-refractivity contribution in [3.8, 4) is 28.3 Å². The third-order valence-corrected chi connectivity index (χ3v) is 11.4. The fourth-order valence-corrected chi connectivity index (χ4v) is 9.59. The Morgan fingerprint density at radius 1 is 0.435 bits per heavy atom. The second-order valence-corrected chi connectivity index (χ2v) is 13.5. The topological polar surface area (TPSA) is 14.2 Å². The molecule has 0 unspecified atom stereocenters. The largest absolute Gasteiger partial charge is 0.457 e. The van der Waals surface area contributed by atoms with E-state index in [9.17, 15) is 0 Å². The lowest BCUT2D eigenvalue weighted by Gasteiger charge is -2.39. The van der Waals surface area contributed by atoms with Gasteiger partial charge in [0, 0.05) is 53.8 Å². The van der Waals surface area contributed by atoms with Gasteiger partial charge in [0.05, 0.1) is 16.4 Å². The molecule has 0 saturated heterocycles. The van der Waals surface area contributed by atoms with E-state index in [0.29, 0.717) is 0 Å². The number of hydrogen-bond donors (Lipinski definition) is 0. The quantitative estimate of drug-likeness (QED) is 0.182. The Kier molecular flexibility index (Phi) is 4.69.